The highest BCUT2D eigenvalue weighted by Gasteiger charge is 2.48. The average molecular weight is 591 g/mol. The van der Waals surface area contributed by atoms with Crippen LogP contribution >= 0.6 is 22.9 Å². The number of ether oxygens (including phenoxy) is 3. The molecule has 0 aliphatic carbocycles. The van der Waals surface area contributed by atoms with Gasteiger partial charge in [-0.2, -0.15) is 0 Å². The molecule has 0 bridgehead atoms. The first-order valence-corrected chi connectivity index (χ1v) is 14.6. The number of hydrogen-bond donors (Lipinski definition) is 1. The van der Waals surface area contributed by atoms with Crippen molar-refractivity contribution >= 4 is 55.7 Å². The van der Waals surface area contributed by atoms with Gasteiger partial charge < -0.3 is 19.3 Å². The highest BCUT2D eigenvalue weighted by molar-refractivity contribution is 7.22. The fourth-order valence-corrected chi connectivity index (χ4v) is 6.27. The Morgan fingerprint density at radius 3 is 2.73 bits per heavy atom. The number of fused-ring (bicyclic) bond motifs is 2. The van der Waals surface area contributed by atoms with E-state index in [2.05, 4.69) is 11.9 Å². The fourth-order valence-electron chi connectivity index (χ4n) is 5.00. The normalized spacial score (nSPS) is 17.8. The first-order valence-electron chi connectivity index (χ1n) is 13.4. The summed E-state index contributed by atoms with van der Waals surface area (Å²) in [6.07, 6.45) is 3.04. The molecule has 2 aliphatic rings. The number of Topliss-reactive ketones (excluding diaryl/α,β-unsaturated/α-hetero) is 1. The monoisotopic (exact) mass is 590 g/mol. The number of carbonyl (C=O) groups is 2. The Balaban J connectivity index is 1.48. The zero-order valence-corrected chi connectivity index (χ0v) is 23.8. The lowest BCUT2D eigenvalue weighted by atomic mass is 9.95. The lowest BCUT2D eigenvalue weighted by Gasteiger charge is -2.24. The van der Waals surface area contributed by atoms with Gasteiger partial charge in [-0.3, -0.25) is 14.5 Å². The van der Waals surface area contributed by atoms with E-state index < -0.39 is 17.7 Å². The number of amides is 1. The molecule has 0 spiro atoms. The van der Waals surface area contributed by atoms with Crippen molar-refractivity contribution in [3.05, 3.63) is 82.4 Å². The Morgan fingerprint density at radius 2 is 1.90 bits per heavy atom. The number of halogens is 1. The van der Waals surface area contributed by atoms with Crippen molar-refractivity contribution < 1.29 is 28.9 Å². The summed E-state index contributed by atoms with van der Waals surface area (Å²) in [6.45, 7) is 3.47. The van der Waals surface area contributed by atoms with E-state index in [0.29, 0.717) is 63.9 Å². The summed E-state index contributed by atoms with van der Waals surface area (Å²) < 4.78 is 18.0. The number of aliphatic hydroxyl groups excluding tert-OH is 1. The third-order valence-electron chi connectivity index (χ3n) is 7.00. The molecule has 210 valence electrons. The maximum absolute atomic E-state index is 13.6. The molecule has 1 atom stereocenters. The van der Waals surface area contributed by atoms with E-state index >= 15 is 0 Å². The van der Waals surface area contributed by atoms with E-state index in [9.17, 15) is 14.7 Å². The second-order valence-corrected chi connectivity index (χ2v) is 11.2. The lowest BCUT2D eigenvalue weighted by Crippen LogP contribution is -2.29. The van der Waals surface area contributed by atoms with Gasteiger partial charge in [0.05, 0.1) is 28.4 Å². The molecule has 10 heteroatoms. The van der Waals surface area contributed by atoms with Crippen molar-refractivity contribution in [3.63, 3.8) is 0 Å². The van der Waals surface area contributed by atoms with Gasteiger partial charge in [-0.15, -0.1) is 0 Å². The van der Waals surface area contributed by atoms with Crippen LogP contribution in [-0.2, 0) is 9.59 Å². The maximum Gasteiger partial charge on any atom is 0.301 e. The van der Waals surface area contributed by atoms with Crippen LogP contribution in [0.4, 0.5) is 5.13 Å². The number of hydrogen-bond acceptors (Lipinski definition) is 8. The van der Waals surface area contributed by atoms with E-state index in [1.807, 2.05) is 18.2 Å². The molecule has 3 aromatic carbocycles. The minimum absolute atomic E-state index is 0.0490. The molecule has 0 saturated carbocycles. The third-order valence-corrected chi connectivity index (χ3v) is 8.25. The molecule has 1 fully saturated rings. The molecule has 1 unspecified atom stereocenters. The standard InChI is InChI=1S/C31H27ClN2O6S/c1-2-3-4-12-38-21-7-5-6-18(15-21)27-26(28(35)19-8-11-23-24(16-19)40-14-13-39-23)29(36)30(37)34(27)31-33-22-10-9-20(32)17-25(22)41-31/h5-11,15-17,27,35H,2-4,12-14H2,1H3/b28-26+. The Hall–Kier alpha value is -4.08. The molecule has 8 nitrogen and oxygen atoms in total. The Bertz CT molecular complexity index is 1680. The van der Waals surface area contributed by atoms with E-state index in [1.54, 1.807) is 42.5 Å². The largest absolute Gasteiger partial charge is 0.507 e. The molecule has 4 aromatic rings. The third kappa shape index (κ3) is 5.23. The number of thiazole rings is 1. The number of benzene rings is 3. The molecular weight excluding hydrogens is 564 g/mol. The van der Waals surface area contributed by atoms with Crippen LogP contribution in [0.25, 0.3) is 16.0 Å². The van der Waals surface area contributed by atoms with Crippen molar-refractivity contribution in [2.24, 2.45) is 0 Å². The van der Waals surface area contributed by atoms with Gasteiger partial charge in [-0.25, -0.2) is 4.98 Å². The molecule has 1 aromatic heterocycles. The van der Waals surface area contributed by atoms with Gasteiger partial charge in [0.25, 0.3) is 5.78 Å². The molecule has 1 saturated heterocycles. The average Bonchev–Trinajstić information content (AvgIpc) is 3.52. The van der Waals surface area contributed by atoms with E-state index in [0.717, 1.165) is 24.0 Å². The first kappa shape index (κ1) is 27.1. The van der Waals surface area contributed by atoms with Gasteiger partial charge in [0.15, 0.2) is 16.6 Å². The summed E-state index contributed by atoms with van der Waals surface area (Å²) in [5.41, 5.74) is 1.54. The van der Waals surface area contributed by atoms with Crippen LogP contribution in [0.5, 0.6) is 17.2 Å². The molecular formula is C31H27ClN2O6S. The molecule has 41 heavy (non-hydrogen) atoms. The first-order chi connectivity index (χ1) is 19.9. The van der Waals surface area contributed by atoms with Crippen molar-refractivity contribution in [2.45, 2.75) is 32.2 Å². The number of rotatable bonds is 8. The van der Waals surface area contributed by atoms with Crippen molar-refractivity contribution in [3.8, 4) is 17.2 Å². The Morgan fingerprint density at radius 1 is 1.07 bits per heavy atom. The van der Waals surface area contributed by atoms with Crippen LogP contribution < -0.4 is 19.1 Å². The van der Waals surface area contributed by atoms with Crippen molar-refractivity contribution in [1.29, 1.82) is 0 Å². The Labute approximate surface area is 245 Å². The van der Waals surface area contributed by atoms with Crippen molar-refractivity contribution in [1.82, 2.24) is 4.98 Å². The summed E-state index contributed by atoms with van der Waals surface area (Å²) in [5.74, 6) is -0.296. The molecule has 0 radical (unpaired) electrons. The summed E-state index contributed by atoms with van der Waals surface area (Å²) in [5, 5.41) is 12.4. The quantitative estimate of drug-likeness (QED) is 0.103. The number of aromatic nitrogens is 1. The van der Waals surface area contributed by atoms with Gasteiger partial charge >= 0.3 is 5.91 Å². The lowest BCUT2D eigenvalue weighted by molar-refractivity contribution is -0.132. The summed E-state index contributed by atoms with van der Waals surface area (Å²) in [4.78, 5) is 33.3. The SMILES string of the molecule is CCCCCOc1cccc(C2/C(=C(\O)c3ccc4c(c3)OCCO4)C(=O)C(=O)N2c2nc3ccc(Cl)cc3s2)c1. The second-order valence-electron chi connectivity index (χ2n) is 9.76. The van der Waals surface area contributed by atoms with Crippen LogP contribution in [-0.4, -0.2) is 41.6 Å². The number of ketones is 1. The number of unbranched alkanes of at least 4 members (excludes halogenated alkanes) is 2. The Kier molecular flexibility index (Phi) is 7.55. The van der Waals surface area contributed by atoms with Crippen LogP contribution in [0.3, 0.4) is 0 Å². The highest BCUT2D eigenvalue weighted by atomic mass is 35.5. The summed E-state index contributed by atoms with van der Waals surface area (Å²) >= 11 is 7.45. The minimum Gasteiger partial charge on any atom is -0.507 e. The topological polar surface area (TPSA) is 98.2 Å². The molecule has 3 heterocycles. The van der Waals surface area contributed by atoms with Crippen LogP contribution in [0, 0.1) is 0 Å². The zero-order valence-electron chi connectivity index (χ0n) is 22.3. The van der Waals surface area contributed by atoms with E-state index in [-0.39, 0.29) is 11.3 Å². The van der Waals surface area contributed by atoms with Gasteiger partial charge in [0, 0.05) is 10.6 Å². The molecule has 2 aliphatic heterocycles. The fraction of sp³-hybridized carbons (Fsp3) is 0.258. The van der Waals surface area contributed by atoms with Crippen LogP contribution in [0.2, 0.25) is 5.02 Å². The maximum atomic E-state index is 13.6. The van der Waals surface area contributed by atoms with E-state index in [1.165, 1.54) is 16.2 Å². The highest BCUT2D eigenvalue weighted by Crippen LogP contribution is 2.45. The molecule has 1 amide bonds. The van der Waals surface area contributed by atoms with Crippen molar-refractivity contribution in [2.75, 3.05) is 24.7 Å². The number of carbonyl (C=O) groups excluding carboxylic acids is 2. The zero-order chi connectivity index (χ0) is 28.5. The summed E-state index contributed by atoms with van der Waals surface area (Å²) in [7, 11) is 0. The smallest absolute Gasteiger partial charge is 0.301 e. The van der Waals surface area contributed by atoms with Gasteiger partial charge in [0.1, 0.15) is 24.7 Å². The van der Waals surface area contributed by atoms with E-state index in [4.69, 9.17) is 25.8 Å². The minimum atomic E-state index is -0.946. The van der Waals surface area contributed by atoms with Gasteiger partial charge in [0.2, 0.25) is 0 Å². The second kappa shape index (κ2) is 11.4. The number of nitrogens with zero attached hydrogens (tertiary/aromatic N) is 2. The summed E-state index contributed by atoms with van der Waals surface area (Å²) in [6, 6.07) is 16.5. The van der Waals surface area contributed by atoms with Crippen LogP contribution in [0.15, 0.2) is 66.2 Å². The number of anilines is 1. The molecule has 6 rings (SSSR count). The molecule has 1 N–H and O–H groups in total. The van der Waals surface area contributed by atoms with Gasteiger partial charge in [-0.1, -0.05) is 54.8 Å². The van der Waals surface area contributed by atoms with Gasteiger partial charge in [-0.05, 0) is 60.5 Å². The predicted molar refractivity (Wildman–Crippen MR) is 158 cm³/mol. The predicted octanol–water partition coefficient (Wildman–Crippen LogP) is 6.92. The number of aliphatic hydroxyl groups is 1. The van der Waals surface area contributed by atoms with Crippen LogP contribution in [0.1, 0.15) is 43.4 Å².